The molecule has 0 amide bonds. The molecule has 0 radical (unpaired) electrons. The first-order valence-electron chi connectivity index (χ1n) is 21.5. The van der Waals surface area contributed by atoms with Gasteiger partial charge in [-0.05, 0) is 103 Å². The monoisotopic (exact) mass is 817 g/mol. The summed E-state index contributed by atoms with van der Waals surface area (Å²) < 4.78 is 12.8. The number of aromatic nitrogens is 3. The van der Waals surface area contributed by atoms with Crippen molar-refractivity contribution in [3.05, 3.63) is 212 Å². The molecule has 5 heteroatoms. The number of hydrogen-bond acceptors (Lipinski definition) is 5. The Bertz CT molecular complexity index is 3960. The Kier molecular flexibility index (Phi) is 8.15. The Balaban J connectivity index is 0.999. The molecule has 10 aromatic carbocycles. The normalized spacial score (nSPS) is 11.8. The van der Waals surface area contributed by atoms with E-state index >= 15 is 0 Å². The minimum absolute atomic E-state index is 0.579. The zero-order chi connectivity index (χ0) is 42.1. The quantitative estimate of drug-likeness (QED) is 0.167. The average Bonchev–Trinajstić information content (AvgIpc) is 3.94. The van der Waals surface area contributed by atoms with Crippen LogP contribution in [0, 0.1) is 0 Å². The van der Waals surface area contributed by atoms with E-state index in [4.69, 9.17) is 23.8 Å². The lowest BCUT2D eigenvalue weighted by molar-refractivity contribution is 0.668. The van der Waals surface area contributed by atoms with E-state index in [9.17, 15) is 0 Å². The van der Waals surface area contributed by atoms with E-state index in [0.717, 1.165) is 110 Å². The highest BCUT2D eigenvalue weighted by molar-refractivity contribution is 6.14. The SMILES string of the molecule is c1ccc(-c2ccc3oc4cccc(-c5ccc6ccc(-c7nc(-c8ccc(-c9ccccc9)c9ccccc89)nc(-c8cccc9oc%10ccccc%10c89)n7)cc6c5)c4c3c2)cc1. The standard InChI is InChI=1S/C59H35N3O2/c1-3-13-36(14-4-1)39-29-32-52-50(35-39)55-44(20-11-23-53(55)64-52)40-27-25-37-26-28-41(34-42(37)33-40)57-60-58(47-31-30-43(38-15-5-2-6-16-38)45-17-7-8-18-46(45)47)62-59(61-57)49-21-12-24-54-56(49)48-19-9-10-22-51(48)63-54/h1-35H. The Hall–Kier alpha value is -8.67. The van der Waals surface area contributed by atoms with Crippen molar-refractivity contribution in [1.29, 1.82) is 0 Å². The highest BCUT2D eigenvalue weighted by atomic mass is 16.3. The Morgan fingerprint density at radius 3 is 1.55 bits per heavy atom. The van der Waals surface area contributed by atoms with Gasteiger partial charge in [0.2, 0.25) is 0 Å². The zero-order valence-electron chi connectivity index (χ0n) is 34.4. The van der Waals surface area contributed by atoms with Gasteiger partial charge in [-0.25, -0.2) is 15.0 Å². The molecule has 298 valence electrons. The van der Waals surface area contributed by atoms with Crippen LogP contribution in [-0.2, 0) is 0 Å². The Morgan fingerprint density at radius 1 is 0.250 bits per heavy atom. The van der Waals surface area contributed by atoms with Gasteiger partial charge in [0.05, 0.1) is 0 Å². The second kappa shape index (κ2) is 14.5. The molecule has 0 saturated heterocycles. The third-order valence-corrected chi connectivity index (χ3v) is 12.5. The first kappa shape index (κ1) is 36.0. The van der Waals surface area contributed by atoms with Crippen molar-refractivity contribution in [3.63, 3.8) is 0 Å². The maximum Gasteiger partial charge on any atom is 0.164 e. The molecular weight excluding hydrogens is 783 g/mol. The molecule has 0 bridgehead atoms. The summed E-state index contributed by atoms with van der Waals surface area (Å²) in [5, 5.41) is 8.59. The van der Waals surface area contributed by atoms with Gasteiger partial charge in [-0.3, -0.25) is 0 Å². The van der Waals surface area contributed by atoms with Gasteiger partial charge in [0.1, 0.15) is 22.3 Å². The highest BCUT2D eigenvalue weighted by Crippen LogP contribution is 2.41. The molecule has 0 atom stereocenters. The van der Waals surface area contributed by atoms with Gasteiger partial charge in [0, 0.05) is 38.2 Å². The smallest absolute Gasteiger partial charge is 0.164 e. The molecule has 0 aliphatic heterocycles. The fraction of sp³-hybridized carbons (Fsp3) is 0. The van der Waals surface area contributed by atoms with Gasteiger partial charge in [-0.1, -0.05) is 164 Å². The minimum atomic E-state index is 0.579. The second-order valence-electron chi connectivity index (χ2n) is 16.3. The number of fused-ring (bicyclic) bond motifs is 8. The summed E-state index contributed by atoms with van der Waals surface area (Å²) in [4.78, 5) is 15.9. The van der Waals surface area contributed by atoms with E-state index in [1.165, 1.54) is 5.56 Å². The molecule has 0 fully saturated rings. The summed E-state index contributed by atoms with van der Waals surface area (Å²) in [6.07, 6.45) is 0. The number of nitrogens with zero attached hydrogens (tertiary/aromatic N) is 3. The average molecular weight is 818 g/mol. The topological polar surface area (TPSA) is 65.0 Å². The third-order valence-electron chi connectivity index (χ3n) is 12.5. The lowest BCUT2D eigenvalue weighted by Gasteiger charge is -2.13. The van der Waals surface area contributed by atoms with E-state index in [1.807, 2.05) is 42.5 Å². The molecular formula is C59H35N3O2. The second-order valence-corrected chi connectivity index (χ2v) is 16.3. The molecule has 0 aliphatic carbocycles. The summed E-state index contributed by atoms with van der Waals surface area (Å²) in [6, 6.07) is 74.0. The van der Waals surface area contributed by atoms with Gasteiger partial charge >= 0.3 is 0 Å². The summed E-state index contributed by atoms with van der Waals surface area (Å²) >= 11 is 0. The Morgan fingerprint density at radius 2 is 0.781 bits per heavy atom. The first-order valence-corrected chi connectivity index (χ1v) is 21.5. The summed E-state index contributed by atoms with van der Waals surface area (Å²) in [7, 11) is 0. The van der Waals surface area contributed by atoms with E-state index in [2.05, 4.69) is 170 Å². The van der Waals surface area contributed by atoms with Crippen molar-refractivity contribution >= 4 is 65.4 Å². The van der Waals surface area contributed by atoms with Crippen molar-refractivity contribution in [2.24, 2.45) is 0 Å². The van der Waals surface area contributed by atoms with Crippen LogP contribution in [0.5, 0.6) is 0 Å². The van der Waals surface area contributed by atoms with E-state index in [0.29, 0.717) is 17.5 Å². The largest absolute Gasteiger partial charge is 0.456 e. The Labute approximate surface area is 367 Å². The van der Waals surface area contributed by atoms with Crippen LogP contribution in [0.4, 0.5) is 0 Å². The zero-order valence-corrected chi connectivity index (χ0v) is 34.4. The summed E-state index contributed by atoms with van der Waals surface area (Å²) in [5.74, 6) is 1.77. The van der Waals surface area contributed by atoms with Crippen molar-refractivity contribution in [2.75, 3.05) is 0 Å². The molecule has 0 spiro atoms. The van der Waals surface area contributed by atoms with Crippen molar-refractivity contribution < 1.29 is 8.83 Å². The highest BCUT2D eigenvalue weighted by Gasteiger charge is 2.20. The maximum absolute atomic E-state index is 6.44. The number of hydrogen-bond donors (Lipinski definition) is 0. The third kappa shape index (κ3) is 5.90. The van der Waals surface area contributed by atoms with Crippen LogP contribution >= 0.6 is 0 Å². The van der Waals surface area contributed by atoms with Crippen LogP contribution < -0.4 is 0 Å². The van der Waals surface area contributed by atoms with E-state index < -0.39 is 0 Å². The minimum Gasteiger partial charge on any atom is -0.456 e. The fourth-order valence-corrected chi connectivity index (χ4v) is 9.50. The molecule has 13 aromatic rings. The number of rotatable bonds is 6. The van der Waals surface area contributed by atoms with Gasteiger partial charge in [-0.2, -0.15) is 0 Å². The molecule has 3 heterocycles. The van der Waals surface area contributed by atoms with Gasteiger partial charge in [0.25, 0.3) is 0 Å². The van der Waals surface area contributed by atoms with Crippen molar-refractivity contribution in [2.45, 2.75) is 0 Å². The number of para-hydroxylation sites is 1. The van der Waals surface area contributed by atoms with E-state index in [1.54, 1.807) is 0 Å². The van der Waals surface area contributed by atoms with Crippen molar-refractivity contribution in [3.8, 4) is 67.5 Å². The van der Waals surface area contributed by atoms with Crippen LogP contribution in [-0.4, -0.2) is 15.0 Å². The van der Waals surface area contributed by atoms with Crippen LogP contribution in [0.15, 0.2) is 221 Å². The lowest BCUT2D eigenvalue weighted by atomic mass is 9.94. The van der Waals surface area contributed by atoms with Crippen LogP contribution in [0.3, 0.4) is 0 Å². The molecule has 0 N–H and O–H groups in total. The summed E-state index contributed by atoms with van der Waals surface area (Å²) in [5.41, 5.74) is 12.9. The van der Waals surface area contributed by atoms with Crippen LogP contribution in [0.1, 0.15) is 0 Å². The molecule has 13 rings (SSSR count). The maximum atomic E-state index is 6.44. The van der Waals surface area contributed by atoms with Gasteiger partial charge < -0.3 is 8.83 Å². The predicted molar refractivity (Wildman–Crippen MR) is 262 cm³/mol. The number of benzene rings is 10. The van der Waals surface area contributed by atoms with E-state index in [-0.39, 0.29) is 0 Å². The molecule has 3 aromatic heterocycles. The lowest BCUT2D eigenvalue weighted by Crippen LogP contribution is -2.01. The van der Waals surface area contributed by atoms with Gasteiger partial charge in [-0.15, -0.1) is 0 Å². The van der Waals surface area contributed by atoms with Crippen LogP contribution in [0.25, 0.3) is 133 Å². The van der Waals surface area contributed by atoms with Gasteiger partial charge in [0.15, 0.2) is 17.5 Å². The molecule has 0 unspecified atom stereocenters. The van der Waals surface area contributed by atoms with Crippen LogP contribution in [0.2, 0.25) is 0 Å². The molecule has 64 heavy (non-hydrogen) atoms. The first-order chi connectivity index (χ1) is 31.7. The molecule has 0 saturated carbocycles. The molecule has 0 aliphatic rings. The summed E-state index contributed by atoms with van der Waals surface area (Å²) in [6.45, 7) is 0. The molecule has 5 nitrogen and oxygen atoms in total. The number of furan rings is 2. The van der Waals surface area contributed by atoms with Crippen molar-refractivity contribution in [1.82, 2.24) is 15.0 Å². The fourth-order valence-electron chi connectivity index (χ4n) is 9.50. The predicted octanol–water partition coefficient (Wildman–Crippen LogP) is 16.0.